The van der Waals surface area contributed by atoms with E-state index in [4.69, 9.17) is 4.74 Å². The van der Waals surface area contributed by atoms with Gasteiger partial charge < -0.3 is 24.9 Å². The van der Waals surface area contributed by atoms with Crippen molar-refractivity contribution in [3.05, 3.63) is 28.4 Å². The third kappa shape index (κ3) is 2.89. The molecule has 7 nitrogen and oxygen atoms in total. The highest BCUT2D eigenvalue weighted by molar-refractivity contribution is 5.46. The molecule has 0 amide bonds. The van der Waals surface area contributed by atoms with Gasteiger partial charge in [-0.25, -0.2) is 0 Å². The zero-order chi connectivity index (χ0) is 12.3. The van der Waals surface area contributed by atoms with Gasteiger partial charge in [0.1, 0.15) is 0 Å². The molecule has 1 N–H and O–H groups in total. The predicted molar refractivity (Wildman–Crippen MR) is 59.9 cm³/mol. The lowest BCUT2D eigenvalue weighted by atomic mass is 10.3. The second-order valence-electron chi connectivity index (χ2n) is 3.81. The van der Waals surface area contributed by atoms with E-state index in [1.165, 1.54) is 12.3 Å². The number of aromatic nitrogens is 1. The number of aliphatic hydroxyl groups excluding tert-OH is 1. The number of nitrogens with zero attached hydrogens (tertiary/aromatic N) is 3. The fourth-order valence-corrected chi connectivity index (χ4v) is 1.70. The Bertz CT molecular complexity index is 395. The summed E-state index contributed by atoms with van der Waals surface area (Å²) >= 11 is 0. The van der Waals surface area contributed by atoms with Crippen LogP contribution < -0.4 is 4.90 Å². The molecule has 1 aromatic rings. The summed E-state index contributed by atoms with van der Waals surface area (Å²) in [4.78, 5) is 15.6. The van der Waals surface area contributed by atoms with Gasteiger partial charge in [0.25, 0.3) is 0 Å². The van der Waals surface area contributed by atoms with Crippen LogP contribution in [0.3, 0.4) is 0 Å². The molecule has 92 valence electrons. The largest absolute Gasteiger partial charge is 0.389 e. The van der Waals surface area contributed by atoms with Gasteiger partial charge in [-0.05, 0) is 16.0 Å². The van der Waals surface area contributed by atoms with Crippen molar-refractivity contribution in [3.63, 3.8) is 0 Å². The number of nitro groups is 1. The van der Waals surface area contributed by atoms with Crippen molar-refractivity contribution in [2.75, 3.05) is 31.2 Å². The van der Waals surface area contributed by atoms with Gasteiger partial charge in [-0.1, -0.05) is 0 Å². The third-order valence-corrected chi connectivity index (χ3v) is 2.53. The minimum atomic E-state index is -0.548. The highest BCUT2D eigenvalue weighted by Crippen LogP contribution is 2.17. The quantitative estimate of drug-likeness (QED) is 0.585. The Hall–Kier alpha value is -1.73. The van der Waals surface area contributed by atoms with Crippen LogP contribution in [-0.4, -0.2) is 47.4 Å². The molecule has 0 saturated carbocycles. The molecule has 0 spiro atoms. The molecule has 1 atom stereocenters. The molecular weight excluding hydrogens is 226 g/mol. The second-order valence-corrected chi connectivity index (χ2v) is 3.81. The van der Waals surface area contributed by atoms with Crippen LogP contribution >= 0.6 is 0 Å². The first-order valence-corrected chi connectivity index (χ1v) is 5.28. The predicted octanol–water partition coefficient (Wildman–Crippen LogP) is 0.187. The van der Waals surface area contributed by atoms with Crippen molar-refractivity contribution in [1.82, 2.24) is 4.98 Å². The summed E-state index contributed by atoms with van der Waals surface area (Å²) in [5.74, 6) is -0.180. The normalized spacial score (nSPS) is 21.0. The number of ether oxygens (including phenoxy) is 1. The van der Waals surface area contributed by atoms with E-state index < -0.39 is 11.0 Å². The zero-order valence-electron chi connectivity index (χ0n) is 9.15. The first-order chi connectivity index (χ1) is 8.16. The van der Waals surface area contributed by atoms with Crippen LogP contribution in [0.2, 0.25) is 0 Å². The highest BCUT2D eigenvalue weighted by Gasteiger charge is 2.18. The summed E-state index contributed by atoms with van der Waals surface area (Å²) < 4.78 is 5.20. The molecule has 2 heterocycles. The Kier molecular flexibility index (Phi) is 3.50. The van der Waals surface area contributed by atoms with Crippen LogP contribution in [-0.2, 0) is 4.74 Å². The molecule has 1 aliphatic heterocycles. The lowest BCUT2D eigenvalue weighted by Crippen LogP contribution is -2.32. The number of β-amino-alcohol motifs (C(OH)–C–C–N with tert-alkyl or cyclic N) is 1. The maximum Gasteiger partial charge on any atom is 0.363 e. The lowest BCUT2D eigenvalue weighted by molar-refractivity contribution is -0.389. The topological polar surface area (TPSA) is 88.7 Å². The summed E-state index contributed by atoms with van der Waals surface area (Å²) in [5, 5.41) is 20.0. The number of anilines is 1. The summed E-state index contributed by atoms with van der Waals surface area (Å²) in [6, 6.07) is 2.98. The van der Waals surface area contributed by atoms with Crippen molar-refractivity contribution < 1.29 is 14.8 Å². The fourth-order valence-electron chi connectivity index (χ4n) is 1.70. The fraction of sp³-hybridized carbons (Fsp3) is 0.500. The Morgan fingerprint density at radius 2 is 2.41 bits per heavy atom. The highest BCUT2D eigenvalue weighted by atomic mass is 16.6. The summed E-state index contributed by atoms with van der Waals surface area (Å²) in [6.07, 6.45) is 0.892. The summed E-state index contributed by atoms with van der Waals surface area (Å²) in [6.45, 7) is 1.92. The molecular formula is C10H13N3O4. The SMILES string of the molecule is O=[N+]([O-])c1ccc(N2CCOCC(O)C2)cn1. The Balaban J connectivity index is 2.12. The van der Waals surface area contributed by atoms with Crippen molar-refractivity contribution in [2.45, 2.75) is 6.10 Å². The number of hydrogen-bond acceptors (Lipinski definition) is 6. The molecule has 17 heavy (non-hydrogen) atoms. The first kappa shape index (κ1) is 11.7. The molecule has 2 rings (SSSR count). The third-order valence-electron chi connectivity index (χ3n) is 2.53. The molecule has 7 heteroatoms. The monoisotopic (exact) mass is 239 g/mol. The molecule has 1 saturated heterocycles. The molecule has 1 unspecified atom stereocenters. The van der Waals surface area contributed by atoms with Crippen LogP contribution in [0.5, 0.6) is 0 Å². The Morgan fingerprint density at radius 1 is 1.59 bits per heavy atom. The second kappa shape index (κ2) is 5.07. The van der Waals surface area contributed by atoms with Gasteiger partial charge in [0.2, 0.25) is 0 Å². The van der Waals surface area contributed by atoms with E-state index in [0.717, 1.165) is 5.69 Å². The van der Waals surface area contributed by atoms with Gasteiger partial charge in [-0.15, -0.1) is 0 Å². The van der Waals surface area contributed by atoms with Gasteiger partial charge in [-0.3, -0.25) is 0 Å². The van der Waals surface area contributed by atoms with Gasteiger partial charge >= 0.3 is 5.82 Å². The molecule has 0 radical (unpaired) electrons. The van der Waals surface area contributed by atoms with Crippen molar-refractivity contribution in [2.24, 2.45) is 0 Å². The first-order valence-electron chi connectivity index (χ1n) is 5.28. The van der Waals surface area contributed by atoms with E-state index in [2.05, 4.69) is 4.98 Å². The molecule has 0 bridgehead atoms. The minimum Gasteiger partial charge on any atom is -0.389 e. The van der Waals surface area contributed by atoms with E-state index in [0.29, 0.717) is 26.3 Å². The van der Waals surface area contributed by atoms with Crippen molar-refractivity contribution in [1.29, 1.82) is 0 Å². The van der Waals surface area contributed by atoms with Gasteiger partial charge in [-0.2, -0.15) is 0 Å². The van der Waals surface area contributed by atoms with Crippen LogP contribution in [0.15, 0.2) is 18.3 Å². The van der Waals surface area contributed by atoms with Gasteiger partial charge in [0, 0.05) is 19.2 Å². The van der Waals surface area contributed by atoms with Gasteiger partial charge in [0.15, 0.2) is 6.20 Å². The van der Waals surface area contributed by atoms with E-state index in [9.17, 15) is 15.2 Å². The van der Waals surface area contributed by atoms with Crippen LogP contribution in [0.4, 0.5) is 11.5 Å². The molecule has 1 aromatic heterocycles. The Morgan fingerprint density at radius 3 is 3.06 bits per heavy atom. The zero-order valence-corrected chi connectivity index (χ0v) is 9.15. The molecule has 1 fully saturated rings. The summed E-state index contributed by atoms with van der Waals surface area (Å²) in [7, 11) is 0. The smallest absolute Gasteiger partial charge is 0.363 e. The van der Waals surface area contributed by atoms with Crippen molar-refractivity contribution >= 4 is 11.5 Å². The number of aliphatic hydroxyl groups is 1. The van der Waals surface area contributed by atoms with E-state index in [1.54, 1.807) is 6.07 Å². The lowest BCUT2D eigenvalue weighted by Gasteiger charge is -2.21. The molecule has 1 aliphatic rings. The average molecular weight is 239 g/mol. The van der Waals surface area contributed by atoms with Crippen LogP contribution in [0.25, 0.3) is 0 Å². The van der Waals surface area contributed by atoms with Gasteiger partial charge in [0.05, 0.1) is 25.0 Å². The van der Waals surface area contributed by atoms with Crippen LogP contribution in [0, 0.1) is 10.1 Å². The van der Waals surface area contributed by atoms with E-state index in [1.807, 2.05) is 4.90 Å². The van der Waals surface area contributed by atoms with E-state index in [-0.39, 0.29) is 5.82 Å². The maximum absolute atomic E-state index is 10.5. The average Bonchev–Trinajstić information content (AvgIpc) is 2.54. The summed E-state index contributed by atoms with van der Waals surface area (Å²) in [5.41, 5.74) is 0.750. The minimum absolute atomic E-state index is 0.180. The van der Waals surface area contributed by atoms with Crippen molar-refractivity contribution in [3.8, 4) is 0 Å². The van der Waals surface area contributed by atoms with E-state index >= 15 is 0 Å². The number of rotatable bonds is 2. The van der Waals surface area contributed by atoms with Crippen LogP contribution in [0.1, 0.15) is 0 Å². The number of pyridine rings is 1. The standard InChI is InChI=1S/C10H13N3O4/c14-9-6-12(3-4-17-7-9)8-1-2-10(11-5-8)13(15)16/h1-2,5,9,14H,3-4,6-7H2. The molecule has 0 aliphatic carbocycles. The Labute approximate surface area is 97.8 Å². The maximum atomic E-state index is 10.5. The molecule has 0 aromatic carbocycles. The number of hydrogen-bond donors (Lipinski definition) is 1.